The average molecular weight is 516 g/mol. The Kier molecular flexibility index (Phi) is 11.0. The molecular weight excluding hydrogens is 479 g/mol. The molecule has 29 heavy (non-hydrogen) atoms. The number of guanidine groups is 1. The number of carbonyl (C=O) groups excluding carboxylic acids is 1. The second-order valence-corrected chi connectivity index (χ2v) is 8.51. The van der Waals surface area contributed by atoms with Gasteiger partial charge in [0.2, 0.25) is 0 Å². The lowest BCUT2D eigenvalue weighted by Gasteiger charge is -2.22. The Bertz CT molecular complexity index is 669. The molecule has 1 aliphatic carbocycles. The molecule has 1 aliphatic rings. The quantitative estimate of drug-likeness (QED) is 0.228. The van der Waals surface area contributed by atoms with Crippen LogP contribution < -0.4 is 10.6 Å². The maximum absolute atomic E-state index is 12.4. The van der Waals surface area contributed by atoms with Gasteiger partial charge >= 0.3 is 0 Å². The first-order valence-corrected chi connectivity index (χ1v) is 10.3. The van der Waals surface area contributed by atoms with Gasteiger partial charge in [-0.15, -0.1) is 24.0 Å². The molecule has 0 atom stereocenters. The van der Waals surface area contributed by atoms with Crippen LogP contribution in [0.15, 0.2) is 29.3 Å². The van der Waals surface area contributed by atoms with Gasteiger partial charge in [-0.1, -0.05) is 12.1 Å². The first kappa shape index (κ1) is 25.7. The molecule has 1 fully saturated rings. The summed E-state index contributed by atoms with van der Waals surface area (Å²) in [6.45, 7) is 11.7. The number of amides is 1. The van der Waals surface area contributed by atoms with Gasteiger partial charge in [-0.3, -0.25) is 4.79 Å². The smallest absolute Gasteiger partial charge is 0.251 e. The van der Waals surface area contributed by atoms with Crippen LogP contribution in [0.4, 0.5) is 0 Å². The van der Waals surface area contributed by atoms with Crippen molar-refractivity contribution in [1.29, 1.82) is 0 Å². The molecule has 164 valence electrons. The van der Waals surface area contributed by atoms with Crippen molar-refractivity contribution in [2.75, 3.05) is 33.4 Å². The van der Waals surface area contributed by atoms with E-state index in [4.69, 9.17) is 9.73 Å². The van der Waals surface area contributed by atoms with Crippen LogP contribution in [0, 0.1) is 5.92 Å². The van der Waals surface area contributed by atoms with Crippen LogP contribution in [0.3, 0.4) is 0 Å². The van der Waals surface area contributed by atoms with Crippen molar-refractivity contribution >= 4 is 35.8 Å². The van der Waals surface area contributed by atoms with Gasteiger partial charge in [0.25, 0.3) is 5.91 Å². The number of nitrogens with zero attached hydrogens (tertiary/aromatic N) is 2. The minimum Gasteiger partial charge on any atom is -0.379 e. The first-order valence-electron chi connectivity index (χ1n) is 10.3. The van der Waals surface area contributed by atoms with Crippen LogP contribution in [-0.4, -0.2) is 55.7 Å². The molecule has 1 saturated carbocycles. The predicted octanol–water partition coefficient (Wildman–Crippen LogP) is 3.66. The maximum atomic E-state index is 12.4. The van der Waals surface area contributed by atoms with E-state index in [1.807, 2.05) is 52.1 Å². The normalized spacial score (nSPS) is 14.2. The predicted molar refractivity (Wildman–Crippen MR) is 130 cm³/mol. The van der Waals surface area contributed by atoms with Crippen molar-refractivity contribution in [1.82, 2.24) is 15.5 Å². The molecule has 0 aromatic heterocycles. The molecule has 0 unspecified atom stereocenters. The SMILES string of the molecule is CCNC(=NCc1cccc(C(=O)NC(C)(C)C)c1)N(C)CCOCC1CC1.I. The van der Waals surface area contributed by atoms with Gasteiger partial charge in [0.15, 0.2) is 5.96 Å². The van der Waals surface area contributed by atoms with Crippen LogP contribution >= 0.6 is 24.0 Å². The highest BCUT2D eigenvalue weighted by Gasteiger charge is 2.21. The Morgan fingerprint density at radius 2 is 2.03 bits per heavy atom. The monoisotopic (exact) mass is 516 g/mol. The molecule has 0 radical (unpaired) electrons. The molecule has 1 amide bonds. The summed E-state index contributed by atoms with van der Waals surface area (Å²) in [4.78, 5) is 19.2. The van der Waals surface area contributed by atoms with Crippen molar-refractivity contribution in [2.24, 2.45) is 10.9 Å². The van der Waals surface area contributed by atoms with Crippen molar-refractivity contribution in [3.8, 4) is 0 Å². The lowest BCUT2D eigenvalue weighted by atomic mass is 10.1. The molecule has 2 rings (SSSR count). The van der Waals surface area contributed by atoms with Crippen LogP contribution in [0.25, 0.3) is 0 Å². The maximum Gasteiger partial charge on any atom is 0.251 e. The van der Waals surface area contributed by atoms with Gasteiger partial charge in [-0.05, 0) is 64.2 Å². The topological polar surface area (TPSA) is 66.0 Å². The Morgan fingerprint density at radius 3 is 2.66 bits per heavy atom. The molecule has 6 nitrogen and oxygen atoms in total. The number of benzene rings is 1. The molecule has 0 aliphatic heterocycles. The highest BCUT2D eigenvalue weighted by Crippen LogP contribution is 2.28. The van der Waals surface area contributed by atoms with E-state index < -0.39 is 0 Å². The molecule has 0 heterocycles. The van der Waals surface area contributed by atoms with Gasteiger partial charge in [-0.25, -0.2) is 4.99 Å². The lowest BCUT2D eigenvalue weighted by Crippen LogP contribution is -2.40. The summed E-state index contributed by atoms with van der Waals surface area (Å²) in [6.07, 6.45) is 2.62. The van der Waals surface area contributed by atoms with Gasteiger partial charge in [-0.2, -0.15) is 0 Å². The summed E-state index contributed by atoms with van der Waals surface area (Å²) < 4.78 is 5.73. The lowest BCUT2D eigenvalue weighted by molar-refractivity contribution is 0.0919. The Balaban J connectivity index is 0.00000420. The third-order valence-electron chi connectivity index (χ3n) is 4.41. The summed E-state index contributed by atoms with van der Waals surface area (Å²) in [5.74, 6) is 1.58. The van der Waals surface area contributed by atoms with E-state index in [1.54, 1.807) is 0 Å². The summed E-state index contributed by atoms with van der Waals surface area (Å²) >= 11 is 0. The van der Waals surface area contributed by atoms with Gasteiger partial charge in [0.1, 0.15) is 0 Å². The average Bonchev–Trinajstić information content (AvgIpc) is 3.45. The number of carbonyl (C=O) groups is 1. The van der Waals surface area contributed by atoms with Crippen LogP contribution in [0.5, 0.6) is 0 Å². The molecular formula is C22H37IN4O2. The summed E-state index contributed by atoms with van der Waals surface area (Å²) in [7, 11) is 2.02. The van der Waals surface area contributed by atoms with Gasteiger partial charge < -0.3 is 20.3 Å². The second kappa shape index (κ2) is 12.4. The van der Waals surface area contributed by atoms with E-state index in [9.17, 15) is 4.79 Å². The minimum absolute atomic E-state index is 0. The Morgan fingerprint density at radius 1 is 1.31 bits per heavy atom. The van der Waals surface area contributed by atoms with Crippen LogP contribution in [-0.2, 0) is 11.3 Å². The van der Waals surface area contributed by atoms with E-state index in [-0.39, 0.29) is 35.4 Å². The number of aliphatic imine (C=N–C) groups is 1. The molecule has 7 heteroatoms. The van der Waals surface area contributed by atoms with E-state index in [1.165, 1.54) is 12.8 Å². The standard InChI is InChI=1S/C22H36N4O2.HI/c1-6-23-21(26(5)12-13-28-16-17-10-11-17)24-15-18-8-7-9-19(14-18)20(27)25-22(2,3)4;/h7-9,14,17H,6,10-13,15-16H2,1-5H3,(H,23,24)(H,25,27);1H. The molecule has 1 aromatic rings. The summed E-state index contributed by atoms with van der Waals surface area (Å²) in [5, 5.41) is 6.32. The summed E-state index contributed by atoms with van der Waals surface area (Å²) in [5.41, 5.74) is 1.41. The van der Waals surface area contributed by atoms with E-state index in [2.05, 4.69) is 22.5 Å². The van der Waals surface area contributed by atoms with Crippen molar-refractivity contribution in [2.45, 2.75) is 52.6 Å². The number of rotatable bonds is 9. The second-order valence-electron chi connectivity index (χ2n) is 8.51. The zero-order chi connectivity index (χ0) is 20.6. The third kappa shape index (κ3) is 10.3. The van der Waals surface area contributed by atoms with E-state index in [0.717, 1.165) is 37.1 Å². The fourth-order valence-corrected chi connectivity index (χ4v) is 2.70. The highest BCUT2D eigenvalue weighted by molar-refractivity contribution is 14.0. The number of likely N-dealkylation sites (N-methyl/N-ethyl adjacent to an activating group) is 1. The fourth-order valence-electron chi connectivity index (χ4n) is 2.70. The molecule has 2 N–H and O–H groups in total. The molecule has 0 bridgehead atoms. The number of ether oxygens (including phenoxy) is 1. The Hall–Kier alpha value is -1.35. The van der Waals surface area contributed by atoms with Crippen LogP contribution in [0.1, 0.15) is 56.5 Å². The summed E-state index contributed by atoms with van der Waals surface area (Å²) in [6, 6.07) is 7.65. The number of nitrogens with one attached hydrogen (secondary N) is 2. The molecule has 0 spiro atoms. The number of hydrogen-bond donors (Lipinski definition) is 2. The Labute approximate surface area is 192 Å². The van der Waals surface area contributed by atoms with E-state index in [0.29, 0.717) is 18.7 Å². The van der Waals surface area contributed by atoms with Gasteiger partial charge in [0.05, 0.1) is 13.2 Å². The largest absolute Gasteiger partial charge is 0.379 e. The van der Waals surface area contributed by atoms with Crippen molar-refractivity contribution in [3.63, 3.8) is 0 Å². The zero-order valence-corrected chi connectivity index (χ0v) is 20.8. The third-order valence-corrected chi connectivity index (χ3v) is 4.41. The molecule has 1 aromatic carbocycles. The van der Waals surface area contributed by atoms with Crippen molar-refractivity contribution in [3.05, 3.63) is 35.4 Å². The van der Waals surface area contributed by atoms with Gasteiger partial charge in [0, 0.05) is 37.8 Å². The number of hydrogen-bond acceptors (Lipinski definition) is 3. The molecule has 0 saturated heterocycles. The van der Waals surface area contributed by atoms with Crippen molar-refractivity contribution < 1.29 is 9.53 Å². The van der Waals surface area contributed by atoms with E-state index >= 15 is 0 Å². The number of halogens is 1. The van der Waals surface area contributed by atoms with Crippen LogP contribution in [0.2, 0.25) is 0 Å². The fraction of sp³-hybridized carbons (Fsp3) is 0.636. The first-order chi connectivity index (χ1) is 13.3. The minimum atomic E-state index is -0.256. The zero-order valence-electron chi connectivity index (χ0n) is 18.5. The highest BCUT2D eigenvalue weighted by atomic mass is 127.